The van der Waals surface area contributed by atoms with Crippen molar-refractivity contribution in [2.24, 2.45) is 11.8 Å². The number of carbonyl (C=O) groups is 2. The monoisotopic (exact) mass is 860 g/mol. The van der Waals surface area contributed by atoms with Crippen molar-refractivity contribution in [3.63, 3.8) is 0 Å². The fraction of sp³-hybridized carbons (Fsp3) is 0.350. The van der Waals surface area contributed by atoms with Crippen LogP contribution in [-0.2, 0) is 35.3 Å². The molecule has 3 N–H and O–H groups in total. The first-order valence-electron chi connectivity index (χ1n) is 19.5. The van der Waals surface area contributed by atoms with Crippen LogP contribution in [0, 0.1) is 11.8 Å². The second-order valence-corrected chi connectivity index (χ2v) is 19.4. The Labute approximate surface area is 352 Å². The van der Waals surface area contributed by atoms with E-state index in [4.69, 9.17) is 0 Å². The number of carbonyl (C=O) groups excluding carboxylic acids is 1. The lowest BCUT2D eigenvalue weighted by molar-refractivity contribution is -0.142. The molecule has 59 heavy (non-hydrogen) atoms. The summed E-state index contributed by atoms with van der Waals surface area (Å²) < 4.78 is 10.0. The van der Waals surface area contributed by atoms with Crippen LogP contribution in [0.4, 0.5) is 23.0 Å². The molecular weight excluding hydrogens is 825 g/mol. The zero-order chi connectivity index (χ0) is 39.8. The minimum Gasteiger partial charge on any atom is -0.481 e. The molecule has 0 spiro atoms. The number of aryl methyl sites for hydroxylation is 2. The second kappa shape index (κ2) is 14.7. The smallest absolute Gasteiger partial charge is 0.306 e. The SMILES string of the molecule is CN1C[C@H]2C[C@@H]1CN2C(=O)[C@H]1CCc2c(sc3ncnc(Nc4ccc5nnsc5c4)c23)C1.O=C(O)[C@H]1CCc2c(sc3ncnc(Nc4ccc5nnsc5c4)c23)C1. The highest BCUT2D eigenvalue weighted by Gasteiger charge is 2.45. The molecule has 8 heterocycles. The topological polar surface area (TPSA) is 188 Å². The highest BCUT2D eigenvalue weighted by molar-refractivity contribution is 7.19. The molecule has 19 heteroatoms. The average Bonchev–Trinajstić information content (AvgIpc) is 4.11. The Bertz CT molecular complexity index is 2940. The van der Waals surface area contributed by atoms with Gasteiger partial charge in [0.05, 0.1) is 26.1 Å². The maximum absolute atomic E-state index is 13.4. The van der Waals surface area contributed by atoms with Gasteiger partial charge in [-0.25, -0.2) is 19.9 Å². The molecule has 12 rings (SSSR count). The summed E-state index contributed by atoms with van der Waals surface area (Å²) in [5, 5.41) is 26.5. The largest absolute Gasteiger partial charge is 0.481 e. The van der Waals surface area contributed by atoms with Crippen LogP contribution in [-0.4, -0.2) is 98.1 Å². The first-order chi connectivity index (χ1) is 28.8. The molecule has 0 unspecified atom stereocenters. The predicted octanol–water partition coefficient (Wildman–Crippen LogP) is 7.09. The van der Waals surface area contributed by atoms with Crippen LogP contribution in [0.2, 0.25) is 0 Å². The first kappa shape index (κ1) is 36.7. The van der Waals surface area contributed by atoms with Crippen LogP contribution >= 0.6 is 45.7 Å². The van der Waals surface area contributed by atoms with Gasteiger partial charge in [-0.15, -0.1) is 32.9 Å². The lowest BCUT2D eigenvalue weighted by Crippen LogP contribution is -2.49. The third-order valence-corrected chi connectivity index (χ3v) is 15.9. The minimum atomic E-state index is -0.719. The number of piperazine rings is 1. The molecule has 2 aromatic carbocycles. The van der Waals surface area contributed by atoms with Gasteiger partial charge in [-0.2, -0.15) is 0 Å². The molecule has 2 aliphatic heterocycles. The number of carboxylic acids is 1. The number of rotatable bonds is 6. The van der Waals surface area contributed by atoms with Gasteiger partial charge in [-0.1, -0.05) is 8.98 Å². The molecule has 4 atom stereocenters. The number of hydrogen-bond acceptors (Lipinski definition) is 17. The standard InChI is InChI=1S/C23H23N7OS2.C17H13N5O2S2/c1-29-9-15-8-14(29)10-30(15)23(31)12-2-4-16-18(6-12)32-22-20(16)21(24-11-25-22)26-13-3-5-17-19(7-13)33-28-27-17;23-17(24)8-1-3-10-12(5-8)25-16-14(10)15(18-7-19-16)20-9-2-4-11-13(6-9)26-22-21-11/h3,5,7,11-12,14-15H,2,4,6,8-10H2,1H3,(H,24,25,26);2,4,6-8H,1,3,5H2,(H,23,24)(H,18,19,20)/t12-,14+,15+;8-/m00/s1. The van der Waals surface area contributed by atoms with Crippen molar-refractivity contribution in [1.82, 2.24) is 48.9 Å². The van der Waals surface area contributed by atoms with Crippen LogP contribution in [0.25, 0.3) is 40.9 Å². The quantitative estimate of drug-likeness (QED) is 0.154. The van der Waals surface area contributed by atoms with Gasteiger partial charge in [0, 0.05) is 52.2 Å². The molecule has 2 bridgehead atoms. The van der Waals surface area contributed by atoms with Gasteiger partial charge in [0.25, 0.3) is 0 Å². The molecule has 1 amide bonds. The second-order valence-electron chi connectivity index (χ2n) is 15.7. The number of carboxylic acid groups (broad SMARTS) is 1. The van der Waals surface area contributed by atoms with Crippen molar-refractivity contribution < 1.29 is 14.7 Å². The van der Waals surface area contributed by atoms with Gasteiger partial charge in [-0.3, -0.25) is 14.5 Å². The van der Waals surface area contributed by atoms with Crippen molar-refractivity contribution in [3.8, 4) is 0 Å². The molecule has 6 aromatic heterocycles. The summed E-state index contributed by atoms with van der Waals surface area (Å²) in [6, 6.07) is 12.9. The number of aromatic nitrogens is 8. The van der Waals surface area contributed by atoms with E-state index >= 15 is 0 Å². The van der Waals surface area contributed by atoms with Gasteiger partial charge >= 0.3 is 5.97 Å². The van der Waals surface area contributed by atoms with E-state index in [0.717, 1.165) is 114 Å². The number of thiophene rings is 2. The molecule has 2 aliphatic carbocycles. The molecule has 2 saturated heterocycles. The van der Waals surface area contributed by atoms with Crippen LogP contribution in [0.1, 0.15) is 40.1 Å². The molecule has 2 fully saturated rings. The van der Waals surface area contributed by atoms with Crippen molar-refractivity contribution in [3.05, 3.63) is 69.9 Å². The van der Waals surface area contributed by atoms with Gasteiger partial charge in [0.2, 0.25) is 5.91 Å². The van der Waals surface area contributed by atoms with E-state index in [0.29, 0.717) is 30.8 Å². The minimum absolute atomic E-state index is 0.0841. The van der Waals surface area contributed by atoms with Crippen LogP contribution in [0.15, 0.2) is 49.1 Å². The Balaban J connectivity index is 0.000000139. The fourth-order valence-corrected chi connectivity index (χ4v) is 12.9. The van der Waals surface area contributed by atoms with Crippen LogP contribution < -0.4 is 10.6 Å². The lowest BCUT2D eigenvalue weighted by Gasteiger charge is -2.35. The van der Waals surface area contributed by atoms with E-state index in [2.05, 4.69) is 72.7 Å². The number of aliphatic carboxylic acids is 1. The third-order valence-electron chi connectivity index (χ3n) is 12.2. The Morgan fingerprint density at radius 3 is 1.81 bits per heavy atom. The number of likely N-dealkylation sites (N-methyl/N-ethyl adjacent to an activating group) is 1. The Morgan fingerprint density at radius 1 is 0.729 bits per heavy atom. The Hall–Kier alpha value is -5.34. The van der Waals surface area contributed by atoms with Crippen molar-refractivity contribution in [2.75, 3.05) is 30.8 Å². The fourth-order valence-electron chi connectivity index (χ4n) is 9.19. The Morgan fingerprint density at radius 2 is 1.29 bits per heavy atom. The predicted molar refractivity (Wildman–Crippen MR) is 231 cm³/mol. The summed E-state index contributed by atoms with van der Waals surface area (Å²) >= 11 is 6.04. The van der Waals surface area contributed by atoms with E-state index in [1.165, 1.54) is 39.1 Å². The first-order valence-corrected chi connectivity index (χ1v) is 22.7. The molecule has 15 nitrogen and oxygen atoms in total. The lowest BCUT2D eigenvalue weighted by atomic mass is 9.86. The van der Waals surface area contributed by atoms with Gasteiger partial charge < -0.3 is 20.6 Å². The summed E-state index contributed by atoms with van der Waals surface area (Å²) in [4.78, 5) is 51.6. The van der Waals surface area contributed by atoms with Crippen molar-refractivity contribution in [1.29, 1.82) is 0 Å². The van der Waals surface area contributed by atoms with E-state index in [-0.39, 0.29) is 11.8 Å². The maximum atomic E-state index is 13.4. The van der Waals surface area contributed by atoms with Gasteiger partial charge in [-0.05, 0) is 123 Å². The summed E-state index contributed by atoms with van der Waals surface area (Å²) in [6.07, 6.45) is 8.89. The van der Waals surface area contributed by atoms with Gasteiger partial charge in [0.15, 0.2) is 0 Å². The van der Waals surface area contributed by atoms with Crippen molar-refractivity contribution in [2.45, 2.75) is 57.0 Å². The highest BCUT2D eigenvalue weighted by Crippen LogP contribution is 2.43. The zero-order valence-corrected chi connectivity index (χ0v) is 34.9. The van der Waals surface area contributed by atoms with Crippen LogP contribution in [0.5, 0.6) is 0 Å². The zero-order valence-electron chi connectivity index (χ0n) is 31.7. The molecule has 0 saturated carbocycles. The number of benzene rings is 2. The molecule has 4 aliphatic rings. The van der Waals surface area contributed by atoms with E-state index in [9.17, 15) is 14.7 Å². The van der Waals surface area contributed by atoms with E-state index in [1.807, 2.05) is 30.3 Å². The number of amides is 1. The third kappa shape index (κ3) is 6.64. The van der Waals surface area contributed by atoms with Crippen molar-refractivity contribution >= 4 is 121 Å². The number of fused-ring (bicyclic) bond motifs is 10. The van der Waals surface area contributed by atoms with Gasteiger partial charge in [0.1, 0.15) is 45.0 Å². The van der Waals surface area contributed by atoms with E-state index < -0.39 is 5.97 Å². The maximum Gasteiger partial charge on any atom is 0.306 e. The number of nitrogens with one attached hydrogen (secondary N) is 2. The number of likely N-dealkylation sites (tertiary alicyclic amines) is 2. The van der Waals surface area contributed by atoms with Crippen LogP contribution in [0.3, 0.4) is 0 Å². The number of nitrogens with zero attached hydrogens (tertiary/aromatic N) is 10. The summed E-state index contributed by atoms with van der Waals surface area (Å²) in [5.41, 5.74) is 6.16. The molecular formula is C40H36N12O3S4. The average molecular weight is 861 g/mol. The number of anilines is 4. The highest BCUT2D eigenvalue weighted by atomic mass is 32.1. The molecule has 8 aromatic rings. The molecule has 298 valence electrons. The summed E-state index contributed by atoms with van der Waals surface area (Å²) in [7, 11) is 2.18. The normalized spacial score (nSPS) is 21.1. The summed E-state index contributed by atoms with van der Waals surface area (Å²) in [6.45, 7) is 1.92. The Kier molecular flexibility index (Phi) is 9.17. The van der Waals surface area contributed by atoms with E-state index in [1.54, 1.807) is 35.3 Å². The summed E-state index contributed by atoms with van der Waals surface area (Å²) in [5.74, 6) is 1.01. The molecule has 0 radical (unpaired) electrons. The number of hydrogen-bond donors (Lipinski definition) is 3.